The normalized spacial score (nSPS) is 14.3. The summed E-state index contributed by atoms with van der Waals surface area (Å²) in [5, 5.41) is 11.6. The van der Waals surface area contributed by atoms with Gasteiger partial charge in [0, 0.05) is 38.8 Å². The zero-order chi connectivity index (χ0) is 18.7. The number of aromatic nitrogens is 1. The molecule has 0 bridgehead atoms. The Morgan fingerprint density at radius 2 is 1.81 bits per heavy atom. The molecule has 0 spiro atoms. The quantitative estimate of drug-likeness (QED) is 0.842. The molecule has 1 aliphatic heterocycles. The van der Waals surface area contributed by atoms with Crippen molar-refractivity contribution in [3.8, 4) is 11.1 Å². The predicted molar refractivity (Wildman–Crippen MR) is 94.0 cm³/mol. The molecule has 9 heteroatoms. The van der Waals surface area contributed by atoms with Crippen molar-refractivity contribution >= 4 is 17.7 Å². The minimum absolute atomic E-state index is 0.0938. The first-order valence-corrected chi connectivity index (χ1v) is 8.22. The second-order valence-corrected chi connectivity index (χ2v) is 6.03. The number of amides is 2. The molecule has 2 amide bonds. The monoisotopic (exact) mass is 360 g/mol. The zero-order valence-corrected chi connectivity index (χ0v) is 14.3. The molecule has 0 unspecified atom stereocenters. The van der Waals surface area contributed by atoms with Gasteiger partial charge in [0.25, 0.3) is 0 Å². The highest BCUT2D eigenvalue weighted by molar-refractivity contribution is 5.72. The van der Waals surface area contributed by atoms with E-state index in [4.69, 9.17) is 9.63 Å². The topological polar surface area (TPSA) is 108 Å². The molecule has 9 nitrogen and oxygen atoms in total. The Hall–Kier alpha value is -3.23. The van der Waals surface area contributed by atoms with E-state index in [9.17, 15) is 14.4 Å². The van der Waals surface area contributed by atoms with E-state index in [1.54, 1.807) is 6.20 Å². The van der Waals surface area contributed by atoms with Crippen LogP contribution in [0.3, 0.4) is 0 Å². The number of benzene rings is 1. The fourth-order valence-corrected chi connectivity index (χ4v) is 2.85. The number of carboxylic acid groups (broad SMARTS) is 1. The summed E-state index contributed by atoms with van der Waals surface area (Å²) in [6.45, 7) is 3.66. The maximum atomic E-state index is 12.0. The summed E-state index contributed by atoms with van der Waals surface area (Å²) in [5.41, 5.74) is 1.63. The Morgan fingerprint density at radius 3 is 2.38 bits per heavy atom. The lowest BCUT2D eigenvalue weighted by Crippen LogP contribution is -2.48. The van der Waals surface area contributed by atoms with Crippen LogP contribution in [-0.4, -0.2) is 52.9 Å². The Labute approximate surface area is 149 Å². The maximum absolute atomic E-state index is 12.0. The van der Waals surface area contributed by atoms with Crippen LogP contribution >= 0.6 is 0 Å². The maximum Gasteiger partial charge on any atom is 0.407 e. The molecular weight excluding hydrogens is 340 g/mol. The van der Waals surface area contributed by atoms with E-state index in [0.717, 1.165) is 5.69 Å². The molecule has 1 saturated heterocycles. The molecule has 0 atom stereocenters. The van der Waals surface area contributed by atoms with Gasteiger partial charge >= 0.3 is 11.7 Å². The molecule has 1 aromatic heterocycles. The average Bonchev–Trinajstić information content (AvgIpc) is 3.01. The number of carbonyl (C=O) groups is 2. The van der Waals surface area contributed by atoms with Gasteiger partial charge in [0.15, 0.2) is 0 Å². The smallest absolute Gasteiger partial charge is 0.407 e. The summed E-state index contributed by atoms with van der Waals surface area (Å²) < 4.78 is 6.35. The Morgan fingerprint density at radius 1 is 1.15 bits per heavy atom. The van der Waals surface area contributed by atoms with E-state index in [1.807, 2.05) is 24.3 Å². The second kappa shape index (κ2) is 7.34. The van der Waals surface area contributed by atoms with Crippen molar-refractivity contribution in [2.24, 2.45) is 0 Å². The van der Waals surface area contributed by atoms with Gasteiger partial charge in [0.2, 0.25) is 5.91 Å². The molecule has 0 saturated carbocycles. The lowest BCUT2D eigenvalue weighted by atomic mass is 10.1. The van der Waals surface area contributed by atoms with Crippen molar-refractivity contribution in [1.82, 2.24) is 15.0 Å². The van der Waals surface area contributed by atoms with Gasteiger partial charge in [-0.05, 0) is 17.7 Å². The van der Waals surface area contributed by atoms with E-state index in [1.165, 1.54) is 16.6 Å². The van der Waals surface area contributed by atoms with E-state index < -0.39 is 11.7 Å². The number of carbonyl (C=O) groups excluding carboxylic acids is 1. The number of rotatable bonds is 4. The van der Waals surface area contributed by atoms with Crippen LogP contribution in [0.4, 0.5) is 10.5 Å². The third-order valence-electron chi connectivity index (χ3n) is 4.27. The minimum Gasteiger partial charge on any atom is -0.465 e. The highest BCUT2D eigenvalue weighted by Gasteiger charge is 2.20. The van der Waals surface area contributed by atoms with Crippen molar-refractivity contribution < 1.29 is 19.2 Å². The summed E-state index contributed by atoms with van der Waals surface area (Å²) in [5.74, 6) is -0.213. The number of anilines is 1. The van der Waals surface area contributed by atoms with Gasteiger partial charge in [-0.25, -0.2) is 9.59 Å². The van der Waals surface area contributed by atoms with Crippen LogP contribution in [0.25, 0.3) is 11.1 Å². The van der Waals surface area contributed by atoms with Crippen LogP contribution < -0.4 is 15.8 Å². The molecule has 2 N–H and O–H groups in total. The number of hydrogen-bond acceptors (Lipinski definition) is 5. The third kappa shape index (κ3) is 3.88. The predicted octanol–water partition coefficient (Wildman–Crippen LogP) is 1.00. The standard InChI is InChI=1S/C17H20N4O5/c1-12(22)18-11-21-10-15(16(23)26-21)13-2-4-14(5-3-13)19-6-8-20(9-7-19)17(24)25/h2-5,10H,6-9,11H2,1H3,(H,18,22)(H,24,25). The van der Waals surface area contributed by atoms with Crippen molar-refractivity contribution in [2.75, 3.05) is 31.1 Å². The lowest BCUT2D eigenvalue weighted by molar-refractivity contribution is -0.119. The summed E-state index contributed by atoms with van der Waals surface area (Å²) in [7, 11) is 0. The SMILES string of the molecule is CC(=O)NCn1cc(-c2ccc(N3CCN(C(=O)O)CC3)cc2)c(=O)o1. The van der Waals surface area contributed by atoms with Gasteiger partial charge in [-0.3, -0.25) is 4.79 Å². The van der Waals surface area contributed by atoms with Crippen LogP contribution in [0.15, 0.2) is 39.8 Å². The van der Waals surface area contributed by atoms with E-state index in [0.29, 0.717) is 37.3 Å². The fourth-order valence-electron chi connectivity index (χ4n) is 2.85. The number of piperazine rings is 1. The first-order chi connectivity index (χ1) is 12.4. The van der Waals surface area contributed by atoms with Crippen LogP contribution in [0.5, 0.6) is 0 Å². The van der Waals surface area contributed by atoms with Crippen LogP contribution in [0.2, 0.25) is 0 Å². The van der Waals surface area contributed by atoms with Crippen molar-refractivity contribution in [3.63, 3.8) is 0 Å². The second-order valence-electron chi connectivity index (χ2n) is 6.03. The van der Waals surface area contributed by atoms with Gasteiger partial charge < -0.3 is 24.7 Å². The van der Waals surface area contributed by atoms with Gasteiger partial charge in [-0.15, -0.1) is 0 Å². The van der Waals surface area contributed by atoms with Crippen LogP contribution in [-0.2, 0) is 11.5 Å². The van der Waals surface area contributed by atoms with Crippen molar-refractivity contribution in [1.29, 1.82) is 0 Å². The lowest BCUT2D eigenvalue weighted by Gasteiger charge is -2.34. The molecule has 138 valence electrons. The molecule has 2 aromatic rings. The number of nitrogens with one attached hydrogen (secondary N) is 1. The molecule has 1 fully saturated rings. The molecule has 26 heavy (non-hydrogen) atoms. The first kappa shape index (κ1) is 17.6. The number of hydrogen-bond donors (Lipinski definition) is 2. The van der Waals surface area contributed by atoms with E-state index in [-0.39, 0.29) is 12.6 Å². The Balaban J connectivity index is 1.69. The highest BCUT2D eigenvalue weighted by atomic mass is 16.5. The first-order valence-electron chi connectivity index (χ1n) is 8.22. The highest BCUT2D eigenvalue weighted by Crippen LogP contribution is 2.22. The van der Waals surface area contributed by atoms with E-state index >= 15 is 0 Å². The van der Waals surface area contributed by atoms with Gasteiger partial charge in [-0.2, -0.15) is 4.74 Å². The summed E-state index contributed by atoms with van der Waals surface area (Å²) >= 11 is 0. The summed E-state index contributed by atoms with van der Waals surface area (Å²) in [4.78, 5) is 37.4. The molecule has 0 aliphatic carbocycles. The van der Waals surface area contributed by atoms with E-state index in [2.05, 4.69) is 10.2 Å². The number of nitrogens with zero attached hydrogens (tertiary/aromatic N) is 3. The van der Waals surface area contributed by atoms with Crippen LogP contribution in [0.1, 0.15) is 6.92 Å². The zero-order valence-electron chi connectivity index (χ0n) is 14.3. The molecule has 0 radical (unpaired) electrons. The third-order valence-corrected chi connectivity index (χ3v) is 4.27. The average molecular weight is 360 g/mol. The largest absolute Gasteiger partial charge is 0.465 e. The van der Waals surface area contributed by atoms with Crippen LogP contribution in [0, 0.1) is 0 Å². The molecule has 2 heterocycles. The van der Waals surface area contributed by atoms with Gasteiger partial charge in [0.05, 0.1) is 11.8 Å². The Bertz CT molecular complexity index is 847. The fraction of sp³-hybridized carbons (Fsp3) is 0.353. The molecule has 1 aliphatic rings. The Kier molecular flexibility index (Phi) is 4.97. The van der Waals surface area contributed by atoms with Gasteiger partial charge in [0.1, 0.15) is 6.67 Å². The molecule has 1 aromatic carbocycles. The van der Waals surface area contributed by atoms with Crippen molar-refractivity contribution in [2.45, 2.75) is 13.6 Å². The van der Waals surface area contributed by atoms with Gasteiger partial charge in [-0.1, -0.05) is 12.1 Å². The minimum atomic E-state index is -0.893. The molecule has 3 rings (SSSR count). The molecular formula is C17H20N4O5. The summed E-state index contributed by atoms with van der Waals surface area (Å²) in [6.07, 6.45) is 0.661. The summed E-state index contributed by atoms with van der Waals surface area (Å²) in [6, 6.07) is 7.45. The van der Waals surface area contributed by atoms with Crippen molar-refractivity contribution in [3.05, 3.63) is 40.9 Å².